The lowest BCUT2D eigenvalue weighted by Crippen LogP contribution is -2.37. The van der Waals surface area contributed by atoms with Crippen LogP contribution in [0.25, 0.3) is 0 Å². The topological polar surface area (TPSA) is 62.2 Å². The second kappa shape index (κ2) is 6.95. The van der Waals surface area contributed by atoms with Gasteiger partial charge in [0.05, 0.1) is 12.6 Å². The summed E-state index contributed by atoms with van der Waals surface area (Å²) in [6.45, 7) is 1.93. The number of carbonyl (C=O) groups is 1. The molecule has 4 nitrogen and oxygen atoms in total. The zero-order chi connectivity index (χ0) is 11.8. The van der Waals surface area contributed by atoms with Crippen molar-refractivity contribution < 1.29 is 9.90 Å². The number of nitrogens with zero attached hydrogens (tertiary/aromatic N) is 1. The predicted octanol–water partition coefficient (Wildman–Crippen LogP) is 0.901. The maximum atomic E-state index is 11.5. The number of aryl methyl sites for hydroxylation is 1. The minimum Gasteiger partial charge on any atom is -0.394 e. The monoisotopic (exact) mass is 222 g/mol. The van der Waals surface area contributed by atoms with E-state index >= 15 is 0 Å². The third-order valence-corrected chi connectivity index (χ3v) is 2.44. The molecule has 0 aliphatic rings. The molecule has 0 aromatic carbocycles. The first-order valence-corrected chi connectivity index (χ1v) is 5.55. The van der Waals surface area contributed by atoms with Crippen molar-refractivity contribution in [3.8, 4) is 0 Å². The van der Waals surface area contributed by atoms with Crippen LogP contribution in [0.1, 0.15) is 25.3 Å². The first-order valence-electron chi connectivity index (χ1n) is 5.55. The van der Waals surface area contributed by atoms with Crippen molar-refractivity contribution in [3.05, 3.63) is 30.1 Å². The molecule has 1 amide bonds. The van der Waals surface area contributed by atoms with Crippen molar-refractivity contribution >= 4 is 5.91 Å². The molecule has 0 unspecified atom stereocenters. The van der Waals surface area contributed by atoms with Gasteiger partial charge in [0.15, 0.2) is 0 Å². The maximum Gasteiger partial charge on any atom is 0.220 e. The van der Waals surface area contributed by atoms with Crippen molar-refractivity contribution in [2.45, 2.75) is 32.2 Å². The third-order valence-electron chi connectivity index (χ3n) is 2.44. The van der Waals surface area contributed by atoms with Gasteiger partial charge < -0.3 is 10.4 Å². The van der Waals surface area contributed by atoms with Gasteiger partial charge in [-0.2, -0.15) is 0 Å². The Morgan fingerprint density at radius 2 is 2.44 bits per heavy atom. The summed E-state index contributed by atoms with van der Waals surface area (Å²) >= 11 is 0. The highest BCUT2D eigenvalue weighted by Crippen LogP contribution is 2.00. The van der Waals surface area contributed by atoms with Gasteiger partial charge in [-0.05, 0) is 24.5 Å². The zero-order valence-corrected chi connectivity index (χ0v) is 9.52. The number of hydrogen-bond acceptors (Lipinski definition) is 3. The first kappa shape index (κ1) is 12.6. The smallest absolute Gasteiger partial charge is 0.220 e. The summed E-state index contributed by atoms with van der Waals surface area (Å²) in [4.78, 5) is 15.5. The molecular formula is C12H18N2O2. The molecule has 0 fully saturated rings. The summed E-state index contributed by atoms with van der Waals surface area (Å²) < 4.78 is 0. The highest BCUT2D eigenvalue weighted by atomic mass is 16.3. The van der Waals surface area contributed by atoms with Gasteiger partial charge in [-0.1, -0.05) is 13.0 Å². The first-order chi connectivity index (χ1) is 7.76. The molecule has 1 aromatic heterocycles. The average Bonchev–Trinajstić information content (AvgIpc) is 2.34. The van der Waals surface area contributed by atoms with Crippen LogP contribution in [0.4, 0.5) is 0 Å². The number of carbonyl (C=O) groups excluding carboxylic acids is 1. The molecule has 0 saturated carbocycles. The van der Waals surface area contributed by atoms with Crippen LogP contribution >= 0.6 is 0 Å². The molecule has 1 rings (SSSR count). The zero-order valence-electron chi connectivity index (χ0n) is 9.52. The highest BCUT2D eigenvalue weighted by Gasteiger charge is 2.08. The average molecular weight is 222 g/mol. The summed E-state index contributed by atoms with van der Waals surface area (Å²) in [6, 6.07) is 3.68. The Kier molecular flexibility index (Phi) is 5.50. The van der Waals surface area contributed by atoms with Crippen LogP contribution in [0.3, 0.4) is 0 Å². The van der Waals surface area contributed by atoms with Crippen LogP contribution in [0, 0.1) is 0 Å². The molecule has 1 aromatic rings. The lowest BCUT2D eigenvalue weighted by Gasteiger charge is -2.13. The molecule has 0 aliphatic carbocycles. The van der Waals surface area contributed by atoms with Crippen molar-refractivity contribution in [2.75, 3.05) is 6.61 Å². The predicted molar refractivity (Wildman–Crippen MR) is 61.9 cm³/mol. The van der Waals surface area contributed by atoms with Gasteiger partial charge in [-0.15, -0.1) is 0 Å². The van der Waals surface area contributed by atoms with Crippen molar-refractivity contribution in [3.63, 3.8) is 0 Å². The summed E-state index contributed by atoms with van der Waals surface area (Å²) in [6.07, 6.45) is 5.33. The van der Waals surface area contributed by atoms with Crippen LogP contribution in [0.2, 0.25) is 0 Å². The number of aliphatic hydroxyl groups excluding tert-OH is 1. The Bertz CT molecular complexity index is 310. The SMILES string of the molecule is CC[C@@H](CO)NC(=O)CCc1cccnc1. The van der Waals surface area contributed by atoms with Crippen LogP contribution in [0.15, 0.2) is 24.5 Å². The number of amides is 1. The van der Waals surface area contributed by atoms with Crippen molar-refractivity contribution in [1.82, 2.24) is 10.3 Å². The Hall–Kier alpha value is -1.42. The molecular weight excluding hydrogens is 204 g/mol. The molecule has 0 bridgehead atoms. The minimum absolute atomic E-state index is 0.00483. The number of aliphatic hydroxyl groups is 1. The molecule has 1 heterocycles. The van der Waals surface area contributed by atoms with Crippen LogP contribution in [-0.2, 0) is 11.2 Å². The van der Waals surface area contributed by atoms with Gasteiger partial charge in [0.1, 0.15) is 0 Å². The van der Waals surface area contributed by atoms with Gasteiger partial charge in [0, 0.05) is 18.8 Å². The highest BCUT2D eigenvalue weighted by molar-refractivity contribution is 5.76. The Labute approximate surface area is 95.7 Å². The fourth-order valence-electron chi connectivity index (χ4n) is 1.38. The molecule has 0 aliphatic heterocycles. The normalized spacial score (nSPS) is 12.1. The minimum atomic E-state index is -0.124. The van der Waals surface area contributed by atoms with E-state index in [1.54, 1.807) is 12.4 Å². The molecule has 0 spiro atoms. The maximum absolute atomic E-state index is 11.5. The quantitative estimate of drug-likeness (QED) is 0.751. The van der Waals surface area contributed by atoms with E-state index in [-0.39, 0.29) is 18.6 Å². The van der Waals surface area contributed by atoms with Crippen molar-refractivity contribution in [2.24, 2.45) is 0 Å². The number of nitrogens with one attached hydrogen (secondary N) is 1. The van der Waals surface area contributed by atoms with Crippen LogP contribution in [0.5, 0.6) is 0 Å². The lowest BCUT2D eigenvalue weighted by molar-refractivity contribution is -0.122. The van der Waals surface area contributed by atoms with Gasteiger partial charge in [0.25, 0.3) is 0 Å². The molecule has 1 atom stereocenters. The van der Waals surface area contributed by atoms with E-state index in [1.165, 1.54) is 0 Å². The Morgan fingerprint density at radius 1 is 1.62 bits per heavy atom. The Balaban J connectivity index is 2.30. The van der Waals surface area contributed by atoms with Gasteiger partial charge >= 0.3 is 0 Å². The summed E-state index contributed by atoms with van der Waals surface area (Å²) in [5.41, 5.74) is 1.05. The van der Waals surface area contributed by atoms with E-state index in [2.05, 4.69) is 10.3 Å². The fourth-order valence-corrected chi connectivity index (χ4v) is 1.38. The van der Waals surface area contributed by atoms with E-state index in [4.69, 9.17) is 5.11 Å². The van der Waals surface area contributed by atoms with Gasteiger partial charge in [-0.25, -0.2) is 0 Å². The summed E-state index contributed by atoms with van der Waals surface area (Å²) in [7, 11) is 0. The van der Waals surface area contributed by atoms with E-state index in [0.717, 1.165) is 12.0 Å². The molecule has 0 radical (unpaired) electrons. The van der Waals surface area contributed by atoms with Gasteiger partial charge in [-0.3, -0.25) is 9.78 Å². The fraction of sp³-hybridized carbons (Fsp3) is 0.500. The lowest BCUT2D eigenvalue weighted by atomic mass is 10.1. The number of pyridine rings is 1. The number of aromatic nitrogens is 1. The largest absolute Gasteiger partial charge is 0.394 e. The number of rotatable bonds is 6. The molecule has 88 valence electrons. The standard InChI is InChI=1S/C12H18N2O2/c1-2-11(9-15)14-12(16)6-5-10-4-3-7-13-8-10/h3-4,7-8,11,15H,2,5-6,9H2,1H3,(H,14,16)/t11-/m0/s1. The van der Waals surface area contributed by atoms with E-state index in [9.17, 15) is 4.79 Å². The second-order valence-electron chi connectivity index (χ2n) is 3.72. The summed E-state index contributed by atoms with van der Waals surface area (Å²) in [5.74, 6) is -0.0234. The Morgan fingerprint density at radius 3 is 3.00 bits per heavy atom. The van der Waals surface area contributed by atoms with E-state index in [1.807, 2.05) is 19.1 Å². The third kappa shape index (κ3) is 4.40. The molecule has 0 saturated heterocycles. The van der Waals surface area contributed by atoms with Gasteiger partial charge in [0.2, 0.25) is 5.91 Å². The summed E-state index contributed by atoms with van der Waals surface area (Å²) in [5, 5.41) is 11.7. The van der Waals surface area contributed by atoms with Crippen molar-refractivity contribution in [1.29, 1.82) is 0 Å². The second-order valence-corrected chi connectivity index (χ2v) is 3.72. The van der Waals surface area contributed by atoms with E-state index < -0.39 is 0 Å². The molecule has 2 N–H and O–H groups in total. The van der Waals surface area contributed by atoms with Crippen LogP contribution < -0.4 is 5.32 Å². The number of hydrogen-bond donors (Lipinski definition) is 2. The van der Waals surface area contributed by atoms with E-state index in [0.29, 0.717) is 12.8 Å². The molecule has 16 heavy (non-hydrogen) atoms. The van der Waals surface area contributed by atoms with Crippen LogP contribution in [-0.4, -0.2) is 28.6 Å². The molecule has 4 heteroatoms.